The van der Waals surface area contributed by atoms with Crippen LogP contribution in [-0.4, -0.2) is 43.3 Å². The van der Waals surface area contributed by atoms with Gasteiger partial charge in [-0.15, -0.1) is 0 Å². The van der Waals surface area contributed by atoms with Gasteiger partial charge < -0.3 is 5.32 Å². The van der Waals surface area contributed by atoms with Crippen LogP contribution in [0, 0.1) is 5.41 Å². The van der Waals surface area contributed by atoms with E-state index in [1.807, 2.05) is 7.05 Å². The lowest BCUT2D eigenvalue weighted by Crippen LogP contribution is -2.59. The highest BCUT2D eigenvalue weighted by Gasteiger charge is 2.43. The molecule has 0 aromatic carbocycles. The van der Waals surface area contributed by atoms with Gasteiger partial charge in [0.25, 0.3) is 0 Å². The number of alkyl halides is 3. The van der Waals surface area contributed by atoms with Crippen LogP contribution in [0.5, 0.6) is 0 Å². The molecule has 0 radical (unpaired) electrons. The van der Waals surface area contributed by atoms with Crippen molar-refractivity contribution in [1.82, 2.24) is 10.2 Å². The first-order valence-corrected chi connectivity index (χ1v) is 6.69. The molecule has 1 rings (SSSR count). The largest absolute Gasteiger partial charge is 0.401 e. The van der Waals surface area contributed by atoms with Crippen LogP contribution in [0.4, 0.5) is 13.2 Å². The molecule has 0 heterocycles. The van der Waals surface area contributed by atoms with Crippen molar-refractivity contribution >= 4 is 0 Å². The molecule has 2 atom stereocenters. The van der Waals surface area contributed by atoms with Crippen LogP contribution in [0.3, 0.4) is 0 Å². The van der Waals surface area contributed by atoms with E-state index in [-0.39, 0.29) is 17.5 Å². The zero-order valence-corrected chi connectivity index (χ0v) is 11.8. The van der Waals surface area contributed by atoms with E-state index in [9.17, 15) is 13.2 Å². The summed E-state index contributed by atoms with van der Waals surface area (Å²) in [6, 6.07) is 0.0962. The summed E-state index contributed by atoms with van der Waals surface area (Å²) in [6.07, 6.45) is -1.20. The summed E-state index contributed by atoms with van der Waals surface area (Å²) in [5.74, 6) is 0. The van der Waals surface area contributed by atoms with Gasteiger partial charge in [-0.25, -0.2) is 0 Å². The first-order valence-electron chi connectivity index (χ1n) is 6.69. The summed E-state index contributed by atoms with van der Waals surface area (Å²) >= 11 is 0. The Hall–Kier alpha value is -0.290. The minimum atomic E-state index is -4.12. The average molecular weight is 266 g/mol. The monoisotopic (exact) mass is 266 g/mol. The van der Waals surface area contributed by atoms with Crippen molar-refractivity contribution in [2.75, 3.05) is 20.1 Å². The SMILES string of the molecule is CCN(CC(F)(F)F)C1CCCC(C)(C)C1NC. The molecule has 5 heteroatoms. The molecule has 0 saturated heterocycles. The lowest BCUT2D eigenvalue weighted by molar-refractivity contribution is -0.155. The molecule has 0 aromatic rings. The Morgan fingerprint density at radius 1 is 1.33 bits per heavy atom. The Morgan fingerprint density at radius 2 is 1.94 bits per heavy atom. The standard InChI is InChI=1S/C13H25F3N2/c1-5-18(9-13(14,15)16)10-7-6-8-12(2,3)11(10)17-4/h10-11,17H,5-9H2,1-4H3. The normalized spacial score (nSPS) is 28.7. The fourth-order valence-corrected chi connectivity index (χ4v) is 3.28. The quantitative estimate of drug-likeness (QED) is 0.841. The van der Waals surface area contributed by atoms with Crippen molar-refractivity contribution in [3.8, 4) is 0 Å². The second kappa shape index (κ2) is 5.78. The summed E-state index contributed by atoms with van der Waals surface area (Å²) in [4.78, 5) is 1.57. The molecule has 1 aliphatic carbocycles. The van der Waals surface area contributed by atoms with Crippen molar-refractivity contribution < 1.29 is 13.2 Å². The molecule has 1 aliphatic rings. The van der Waals surface area contributed by atoms with E-state index >= 15 is 0 Å². The van der Waals surface area contributed by atoms with Gasteiger partial charge in [0, 0.05) is 12.1 Å². The molecule has 0 aliphatic heterocycles. The molecule has 1 saturated carbocycles. The third-order valence-corrected chi connectivity index (χ3v) is 4.12. The molecule has 1 fully saturated rings. The minimum absolute atomic E-state index is 0.0228. The first kappa shape index (κ1) is 15.8. The number of hydrogen-bond donors (Lipinski definition) is 1. The average Bonchev–Trinajstić information content (AvgIpc) is 2.23. The van der Waals surface area contributed by atoms with Gasteiger partial charge in [-0.2, -0.15) is 13.2 Å². The van der Waals surface area contributed by atoms with Crippen LogP contribution < -0.4 is 5.32 Å². The number of nitrogens with one attached hydrogen (secondary N) is 1. The molecule has 0 amide bonds. The predicted octanol–water partition coefficient (Wildman–Crippen LogP) is 3.04. The Balaban J connectivity index is 2.83. The van der Waals surface area contributed by atoms with E-state index in [1.54, 1.807) is 11.8 Å². The fraction of sp³-hybridized carbons (Fsp3) is 1.00. The van der Waals surface area contributed by atoms with Gasteiger partial charge in [0.05, 0.1) is 6.54 Å². The lowest BCUT2D eigenvalue weighted by atomic mass is 9.70. The van der Waals surface area contributed by atoms with E-state index in [2.05, 4.69) is 19.2 Å². The number of hydrogen-bond acceptors (Lipinski definition) is 2. The van der Waals surface area contributed by atoms with Gasteiger partial charge in [-0.3, -0.25) is 4.90 Å². The summed E-state index contributed by atoms with van der Waals surface area (Å²) in [6.45, 7) is 5.73. The maximum absolute atomic E-state index is 12.6. The van der Waals surface area contributed by atoms with Crippen molar-refractivity contribution in [3.05, 3.63) is 0 Å². The summed E-state index contributed by atoms with van der Waals surface area (Å²) < 4.78 is 37.8. The van der Waals surface area contributed by atoms with Gasteiger partial charge in [-0.05, 0) is 31.8 Å². The third kappa shape index (κ3) is 3.85. The molecule has 0 aromatic heterocycles. The van der Waals surface area contributed by atoms with Crippen LogP contribution >= 0.6 is 0 Å². The van der Waals surface area contributed by atoms with Gasteiger partial charge in [0.15, 0.2) is 0 Å². The van der Waals surface area contributed by atoms with E-state index in [0.29, 0.717) is 6.54 Å². The highest BCUT2D eigenvalue weighted by Crippen LogP contribution is 2.38. The molecule has 2 unspecified atom stereocenters. The second-order valence-electron chi connectivity index (χ2n) is 5.89. The van der Waals surface area contributed by atoms with E-state index in [1.165, 1.54) is 0 Å². The minimum Gasteiger partial charge on any atom is -0.315 e. The van der Waals surface area contributed by atoms with Crippen molar-refractivity contribution in [1.29, 1.82) is 0 Å². The number of rotatable bonds is 4. The Labute approximate surface area is 108 Å². The van der Waals surface area contributed by atoms with Crippen molar-refractivity contribution in [2.24, 2.45) is 5.41 Å². The molecule has 1 N–H and O–H groups in total. The zero-order valence-electron chi connectivity index (χ0n) is 11.8. The highest BCUT2D eigenvalue weighted by atomic mass is 19.4. The number of likely N-dealkylation sites (N-methyl/N-ethyl adjacent to an activating group) is 2. The molecule has 0 bridgehead atoms. The first-order chi connectivity index (χ1) is 8.21. The Morgan fingerprint density at radius 3 is 2.39 bits per heavy atom. The molecule has 18 heavy (non-hydrogen) atoms. The highest BCUT2D eigenvalue weighted by molar-refractivity contribution is 4.97. The van der Waals surface area contributed by atoms with Gasteiger partial charge in [-0.1, -0.05) is 27.2 Å². The zero-order chi connectivity index (χ0) is 14.0. The summed E-state index contributed by atoms with van der Waals surface area (Å²) in [7, 11) is 1.85. The number of halogens is 3. The Kier molecular flexibility index (Phi) is 5.06. The van der Waals surface area contributed by atoms with Gasteiger partial charge >= 0.3 is 6.18 Å². The fourth-order valence-electron chi connectivity index (χ4n) is 3.28. The Bertz CT molecular complexity index is 263. The van der Waals surface area contributed by atoms with Gasteiger partial charge in [0.2, 0.25) is 0 Å². The second-order valence-corrected chi connectivity index (χ2v) is 5.89. The van der Waals surface area contributed by atoms with Crippen LogP contribution in [0.25, 0.3) is 0 Å². The van der Waals surface area contributed by atoms with E-state index in [0.717, 1.165) is 19.3 Å². The van der Waals surface area contributed by atoms with Crippen LogP contribution in [0.2, 0.25) is 0 Å². The van der Waals surface area contributed by atoms with E-state index < -0.39 is 12.7 Å². The number of nitrogens with zero attached hydrogens (tertiary/aromatic N) is 1. The maximum Gasteiger partial charge on any atom is 0.401 e. The van der Waals surface area contributed by atoms with Crippen LogP contribution in [-0.2, 0) is 0 Å². The molecular weight excluding hydrogens is 241 g/mol. The summed E-state index contributed by atoms with van der Waals surface area (Å²) in [5.41, 5.74) is 0.0523. The lowest BCUT2D eigenvalue weighted by Gasteiger charge is -2.48. The van der Waals surface area contributed by atoms with Crippen LogP contribution in [0.1, 0.15) is 40.0 Å². The summed E-state index contributed by atoms with van der Waals surface area (Å²) in [5, 5.41) is 3.24. The smallest absolute Gasteiger partial charge is 0.315 e. The molecule has 2 nitrogen and oxygen atoms in total. The maximum atomic E-state index is 12.6. The topological polar surface area (TPSA) is 15.3 Å². The van der Waals surface area contributed by atoms with Crippen molar-refractivity contribution in [2.45, 2.75) is 58.3 Å². The van der Waals surface area contributed by atoms with E-state index in [4.69, 9.17) is 0 Å². The predicted molar refractivity (Wildman–Crippen MR) is 67.6 cm³/mol. The molecular formula is C13H25F3N2. The molecule has 0 spiro atoms. The molecule has 108 valence electrons. The van der Waals surface area contributed by atoms with Crippen molar-refractivity contribution in [3.63, 3.8) is 0 Å². The third-order valence-electron chi connectivity index (χ3n) is 4.12. The van der Waals surface area contributed by atoms with Crippen LogP contribution in [0.15, 0.2) is 0 Å². The van der Waals surface area contributed by atoms with Gasteiger partial charge in [0.1, 0.15) is 0 Å².